The molecular weight excluding hydrogens is 276 g/mol. The summed E-state index contributed by atoms with van der Waals surface area (Å²) in [5.41, 5.74) is -1.11. The van der Waals surface area contributed by atoms with E-state index in [1.54, 1.807) is 6.92 Å². The number of hydrogen-bond donors (Lipinski definition) is 0. The van der Waals surface area contributed by atoms with E-state index in [4.69, 9.17) is 14.2 Å². The van der Waals surface area contributed by atoms with E-state index in [2.05, 4.69) is 6.07 Å². The fraction of sp³-hybridized carbons (Fsp3) is 0.786. The fourth-order valence-electron chi connectivity index (χ4n) is 2.21. The third kappa shape index (κ3) is 4.69. The van der Waals surface area contributed by atoms with E-state index in [0.717, 1.165) is 0 Å². The van der Waals surface area contributed by atoms with Crippen molar-refractivity contribution in [3.8, 4) is 6.07 Å². The fourth-order valence-corrected chi connectivity index (χ4v) is 2.21. The van der Waals surface area contributed by atoms with Crippen LogP contribution in [0.2, 0.25) is 0 Å². The van der Waals surface area contributed by atoms with Crippen LogP contribution >= 0.6 is 0 Å². The molecule has 1 aliphatic rings. The summed E-state index contributed by atoms with van der Waals surface area (Å²) in [6.45, 7) is 3.08. The van der Waals surface area contributed by atoms with Crippen molar-refractivity contribution in [3.63, 3.8) is 0 Å². The van der Waals surface area contributed by atoms with Gasteiger partial charge in [-0.15, -0.1) is 0 Å². The molecule has 1 heterocycles. The van der Waals surface area contributed by atoms with Crippen molar-refractivity contribution >= 4 is 11.9 Å². The molecule has 118 valence electrons. The molecule has 7 heteroatoms. The molecule has 0 aromatic rings. The third-order valence-corrected chi connectivity index (χ3v) is 3.45. The van der Waals surface area contributed by atoms with Crippen LogP contribution in [0.3, 0.4) is 0 Å². The number of rotatable bonds is 7. The van der Waals surface area contributed by atoms with Gasteiger partial charge in [-0.3, -0.25) is 9.59 Å². The van der Waals surface area contributed by atoms with Gasteiger partial charge in [0.1, 0.15) is 12.0 Å². The summed E-state index contributed by atoms with van der Waals surface area (Å²) >= 11 is 0. The van der Waals surface area contributed by atoms with Crippen LogP contribution in [0.4, 0.5) is 0 Å². The van der Waals surface area contributed by atoms with Crippen LogP contribution in [-0.4, -0.2) is 63.4 Å². The Kier molecular flexibility index (Phi) is 7.12. The molecule has 21 heavy (non-hydrogen) atoms. The zero-order chi connectivity index (χ0) is 15.7. The van der Waals surface area contributed by atoms with Crippen LogP contribution in [0.5, 0.6) is 0 Å². The molecule has 0 bridgehead atoms. The van der Waals surface area contributed by atoms with Crippen LogP contribution in [0.15, 0.2) is 0 Å². The van der Waals surface area contributed by atoms with E-state index in [1.807, 2.05) is 0 Å². The molecule has 7 nitrogen and oxygen atoms in total. The number of methoxy groups -OCH3 is 1. The molecule has 0 aromatic heterocycles. The van der Waals surface area contributed by atoms with Crippen LogP contribution < -0.4 is 0 Å². The topological polar surface area (TPSA) is 88.9 Å². The van der Waals surface area contributed by atoms with E-state index in [1.165, 1.54) is 12.0 Å². The Hall–Kier alpha value is -1.65. The lowest BCUT2D eigenvalue weighted by atomic mass is 9.80. The van der Waals surface area contributed by atoms with Crippen molar-refractivity contribution in [1.82, 2.24) is 4.90 Å². The minimum atomic E-state index is -1.11. The second-order valence-corrected chi connectivity index (χ2v) is 4.83. The monoisotopic (exact) mass is 298 g/mol. The largest absolute Gasteiger partial charge is 0.465 e. The van der Waals surface area contributed by atoms with Crippen molar-refractivity contribution < 1.29 is 23.8 Å². The quantitative estimate of drug-likeness (QED) is 0.630. The van der Waals surface area contributed by atoms with Gasteiger partial charge in [-0.25, -0.2) is 0 Å². The number of hydrogen-bond acceptors (Lipinski definition) is 6. The number of nitrogens with zero attached hydrogens (tertiary/aromatic N) is 2. The third-order valence-electron chi connectivity index (χ3n) is 3.45. The number of amides is 1. The van der Waals surface area contributed by atoms with Crippen LogP contribution in [0.1, 0.15) is 19.8 Å². The zero-order valence-electron chi connectivity index (χ0n) is 12.6. The van der Waals surface area contributed by atoms with E-state index >= 15 is 0 Å². The number of carbonyl (C=O) groups excluding carboxylic acids is 2. The first-order valence-electron chi connectivity index (χ1n) is 7.02. The smallest absolute Gasteiger partial charge is 0.325 e. The van der Waals surface area contributed by atoms with Gasteiger partial charge in [0.15, 0.2) is 0 Å². The Labute approximate surface area is 124 Å². The Morgan fingerprint density at radius 1 is 1.38 bits per heavy atom. The lowest BCUT2D eigenvalue weighted by Gasteiger charge is -2.34. The minimum Gasteiger partial charge on any atom is -0.465 e. The maximum absolute atomic E-state index is 12.7. The number of nitriles is 1. The van der Waals surface area contributed by atoms with Crippen molar-refractivity contribution in [2.75, 3.05) is 46.6 Å². The first-order valence-corrected chi connectivity index (χ1v) is 7.02. The van der Waals surface area contributed by atoms with Crippen molar-refractivity contribution in [2.45, 2.75) is 19.8 Å². The van der Waals surface area contributed by atoms with E-state index in [-0.39, 0.29) is 25.6 Å². The minimum absolute atomic E-state index is 0.166. The molecule has 0 spiro atoms. The predicted molar refractivity (Wildman–Crippen MR) is 73.2 cm³/mol. The highest BCUT2D eigenvalue weighted by Crippen LogP contribution is 2.32. The van der Waals surface area contributed by atoms with Gasteiger partial charge in [-0.1, -0.05) is 0 Å². The van der Waals surface area contributed by atoms with E-state index in [9.17, 15) is 14.9 Å². The van der Waals surface area contributed by atoms with Crippen LogP contribution in [0, 0.1) is 16.7 Å². The van der Waals surface area contributed by atoms with Gasteiger partial charge in [0, 0.05) is 26.9 Å². The average molecular weight is 298 g/mol. The van der Waals surface area contributed by atoms with Gasteiger partial charge in [0.05, 0.1) is 19.3 Å². The highest BCUT2D eigenvalue weighted by molar-refractivity contribution is 5.88. The molecule has 0 radical (unpaired) electrons. The molecule has 1 saturated heterocycles. The lowest BCUT2D eigenvalue weighted by molar-refractivity contribution is -0.154. The maximum atomic E-state index is 12.7. The first kappa shape index (κ1) is 17.4. The van der Waals surface area contributed by atoms with Crippen molar-refractivity contribution in [2.24, 2.45) is 5.41 Å². The normalized spacial score (nSPS) is 16.8. The lowest BCUT2D eigenvalue weighted by Crippen LogP contribution is -2.49. The second kappa shape index (κ2) is 8.60. The van der Waals surface area contributed by atoms with Gasteiger partial charge < -0.3 is 19.1 Å². The molecule has 0 saturated carbocycles. The SMILES string of the molecule is CCOC(=O)CN(CCOC)C(=O)C1(C#N)CCOCC1. The van der Waals surface area contributed by atoms with E-state index in [0.29, 0.717) is 32.7 Å². The molecule has 1 fully saturated rings. The van der Waals surface area contributed by atoms with Crippen molar-refractivity contribution in [3.05, 3.63) is 0 Å². The molecule has 0 N–H and O–H groups in total. The number of carbonyl (C=O) groups is 2. The second-order valence-electron chi connectivity index (χ2n) is 4.83. The average Bonchev–Trinajstić information content (AvgIpc) is 2.51. The first-order chi connectivity index (χ1) is 10.1. The summed E-state index contributed by atoms with van der Waals surface area (Å²) in [6.07, 6.45) is 0.684. The van der Waals surface area contributed by atoms with Gasteiger partial charge in [0.2, 0.25) is 5.91 Å². The summed E-state index contributed by atoms with van der Waals surface area (Å²) in [5, 5.41) is 9.42. The molecular formula is C14H22N2O5. The highest BCUT2D eigenvalue weighted by atomic mass is 16.5. The van der Waals surface area contributed by atoms with Crippen LogP contribution in [-0.2, 0) is 23.8 Å². The Morgan fingerprint density at radius 2 is 2.05 bits per heavy atom. The molecule has 1 rings (SSSR count). The van der Waals surface area contributed by atoms with Gasteiger partial charge >= 0.3 is 5.97 Å². The molecule has 0 aromatic carbocycles. The Morgan fingerprint density at radius 3 is 2.57 bits per heavy atom. The molecule has 0 atom stereocenters. The zero-order valence-corrected chi connectivity index (χ0v) is 12.6. The van der Waals surface area contributed by atoms with E-state index < -0.39 is 11.4 Å². The summed E-state index contributed by atoms with van der Waals surface area (Å²) in [6, 6.07) is 2.12. The Bertz CT molecular complexity index is 399. The Balaban J connectivity index is 2.82. The summed E-state index contributed by atoms with van der Waals surface area (Å²) in [4.78, 5) is 25.7. The standard InChI is InChI=1S/C14H22N2O5/c1-3-21-12(17)10-16(6-9-19-2)13(18)14(11-15)4-7-20-8-5-14/h3-10H2,1-2H3. The summed E-state index contributed by atoms with van der Waals surface area (Å²) in [7, 11) is 1.52. The molecule has 0 aliphatic carbocycles. The number of ether oxygens (including phenoxy) is 3. The molecule has 1 aliphatic heterocycles. The number of esters is 1. The highest BCUT2D eigenvalue weighted by Gasteiger charge is 2.43. The summed E-state index contributed by atoms with van der Waals surface area (Å²) < 4.78 is 15.1. The van der Waals surface area contributed by atoms with Gasteiger partial charge in [-0.2, -0.15) is 5.26 Å². The molecule has 1 amide bonds. The van der Waals surface area contributed by atoms with Gasteiger partial charge in [0.25, 0.3) is 0 Å². The van der Waals surface area contributed by atoms with Gasteiger partial charge in [-0.05, 0) is 19.8 Å². The van der Waals surface area contributed by atoms with Crippen LogP contribution in [0.25, 0.3) is 0 Å². The summed E-state index contributed by atoms with van der Waals surface area (Å²) in [5.74, 6) is -0.833. The van der Waals surface area contributed by atoms with Crippen molar-refractivity contribution in [1.29, 1.82) is 5.26 Å². The predicted octanol–water partition coefficient (Wildman–Crippen LogP) is 0.345. The molecule has 0 unspecified atom stereocenters. The maximum Gasteiger partial charge on any atom is 0.325 e.